The van der Waals surface area contributed by atoms with Gasteiger partial charge in [0.05, 0.1) is 0 Å². The number of nitrogens with zero attached hydrogens (tertiary/aromatic N) is 1. The molecule has 0 saturated heterocycles. The lowest BCUT2D eigenvalue weighted by Gasteiger charge is -2.31. The molecule has 0 unspecified atom stereocenters. The molecule has 1 aliphatic heterocycles. The second-order valence-electron chi connectivity index (χ2n) is 7.13. The molecule has 0 aliphatic carbocycles. The van der Waals surface area contributed by atoms with Gasteiger partial charge in [-0.2, -0.15) is 0 Å². The summed E-state index contributed by atoms with van der Waals surface area (Å²) in [7, 11) is 0. The van der Waals surface area contributed by atoms with Crippen molar-refractivity contribution in [2.45, 2.75) is 25.9 Å². The Morgan fingerprint density at radius 1 is 0.962 bits per heavy atom. The molecule has 2 nitrogen and oxygen atoms in total. The lowest BCUT2D eigenvalue weighted by Crippen LogP contribution is -2.38. The number of nitrogens with one attached hydrogen (secondary N) is 1. The van der Waals surface area contributed by atoms with Crippen molar-refractivity contribution in [3.8, 4) is 0 Å². The van der Waals surface area contributed by atoms with Crippen LogP contribution in [0.3, 0.4) is 0 Å². The molecule has 0 radical (unpaired) electrons. The van der Waals surface area contributed by atoms with Gasteiger partial charge in [-0.15, -0.1) is 0 Å². The highest BCUT2D eigenvalue weighted by molar-refractivity contribution is 5.85. The van der Waals surface area contributed by atoms with Crippen molar-refractivity contribution in [3.05, 3.63) is 89.6 Å². The molecule has 0 spiro atoms. The molecule has 1 heterocycles. The van der Waals surface area contributed by atoms with Crippen LogP contribution in [-0.4, -0.2) is 24.0 Å². The van der Waals surface area contributed by atoms with Crippen LogP contribution in [0.15, 0.2) is 72.9 Å². The van der Waals surface area contributed by atoms with E-state index < -0.39 is 0 Å². The summed E-state index contributed by atoms with van der Waals surface area (Å²) in [5.74, 6) is 0. The van der Waals surface area contributed by atoms with E-state index in [1.54, 1.807) is 0 Å². The van der Waals surface area contributed by atoms with Crippen LogP contribution in [0.25, 0.3) is 16.8 Å². The van der Waals surface area contributed by atoms with Gasteiger partial charge in [0.25, 0.3) is 0 Å². The van der Waals surface area contributed by atoms with Crippen molar-refractivity contribution < 1.29 is 0 Å². The van der Waals surface area contributed by atoms with Crippen molar-refractivity contribution >= 4 is 16.8 Å². The Morgan fingerprint density at radius 2 is 1.77 bits per heavy atom. The first-order valence-electron chi connectivity index (χ1n) is 9.50. The van der Waals surface area contributed by atoms with Gasteiger partial charge in [-0.25, -0.2) is 0 Å². The van der Waals surface area contributed by atoms with E-state index in [9.17, 15) is 0 Å². The van der Waals surface area contributed by atoms with Crippen molar-refractivity contribution in [1.29, 1.82) is 0 Å². The lowest BCUT2D eigenvalue weighted by atomic mass is 10.0. The number of fused-ring (bicyclic) bond motifs is 2. The van der Waals surface area contributed by atoms with Crippen LogP contribution in [0.5, 0.6) is 0 Å². The number of rotatable bonds is 6. The molecule has 1 atom stereocenters. The van der Waals surface area contributed by atoms with Gasteiger partial charge in [-0.3, -0.25) is 0 Å². The molecule has 1 aliphatic rings. The molecular weight excluding hydrogens is 316 g/mol. The maximum absolute atomic E-state index is 3.64. The second kappa shape index (κ2) is 7.76. The van der Waals surface area contributed by atoms with Crippen LogP contribution in [0.2, 0.25) is 0 Å². The molecule has 26 heavy (non-hydrogen) atoms. The van der Waals surface area contributed by atoms with E-state index in [0.717, 1.165) is 26.1 Å². The first-order valence-corrected chi connectivity index (χ1v) is 9.50. The highest BCUT2D eigenvalue weighted by Crippen LogP contribution is 2.21. The summed E-state index contributed by atoms with van der Waals surface area (Å²) in [5, 5.41) is 6.35. The molecule has 0 bridgehead atoms. The van der Waals surface area contributed by atoms with Gasteiger partial charge in [0.15, 0.2) is 0 Å². The van der Waals surface area contributed by atoms with Gasteiger partial charge in [-0.05, 0) is 53.4 Å². The molecule has 0 fully saturated rings. The average Bonchev–Trinajstić information content (AvgIpc) is 2.70. The molecule has 1 N–H and O–H groups in total. The zero-order chi connectivity index (χ0) is 17.8. The minimum absolute atomic E-state index is 0.479. The fraction of sp³-hybridized carbons (Fsp3) is 0.250. The molecular formula is C24H26N2. The summed E-state index contributed by atoms with van der Waals surface area (Å²) in [6.07, 6.45) is 5.53. The Labute approximate surface area is 156 Å². The molecule has 4 rings (SSSR count). The Balaban J connectivity index is 1.30. The molecule has 132 valence electrons. The van der Waals surface area contributed by atoms with Crippen LogP contribution in [0.4, 0.5) is 0 Å². The van der Waals surface area contributed by atoms with E-state index in [-0.39, 0.29) is 0 Å². The van der Waals surface area contributed by atoms with Crippen molar-refractivity contribution in [2.75, 3.05) is 13.1 Å². The quantitative estimate of drug-likeness (QED) is 0.644. The standard InChI is InChI=1S/C24H26N2/c1-19(26-16-14-20-7-2-3-9-23(20)18-26)17-25-15-13-22-11-6-10-21-8-4-5-12-24(21)22/h2-12,14,16,19,25H,13,15,17-18H2,1H3/t19-/m1/s1. The Kier molecular flexibility index (Phi) is 5.03. The third-order valence-electron chi connectivity index (χ3n) is 5.31. The first-order chi connectivity index (χ1) is 12.8. The summed E-state index contributed by atoms with van der Waals surface area (Å²) < 4.78 is 0. The molecule has 3 aromatic carbocycles. The minimum atomic E-state index is 0.479. The number of hydrogen-bond acceptors (Lipinski definition) is 2. The third kappa shape index (κ3) is 3.66. The molecule has 2 heteroatoms. The summed E-state index contributed by atoms with van der Waals surface area (Å²) in [5.41, 5.74) is 4.19. The van der Waals surface area contributed by atoms with Crippen molar-refractivity contribution in [2.24, 2.45) is 0 Å². The predicted molar refractivity (Wildman–Crippen MR) is 111 cm³/mol. The zero-order valence-electron chi connectivity index (χ0n) is 15.4. The summed E-state index contributed by atoms with van der Waals surface area (Å²) in [6.45, 7) is 5.30. The van der Waals surface area contributed by atoms with Crippen LogP contribution in [0, 0.1) is 0 Å². The van der Waals surface area contributed by atoms with E-state index in [1.807, 2.05) is 0 Å². The largest absolute Gasteiger partial charge is 0.369 e. The van der Waals surface area contributed by atoms with E-state index in [4.69, 9.17) is 0 Å². The predicted octanol–water partition coefficient (Wildman–Crippen LogP) is 4.85. The van der Waals surface area contributed by atoms with Crippen LogP contribution in [0.1, 0.15) is 23.6 Å². The summed E-state index contributed by atoms with van der Waals surface area (Å²) in [4.78, 5) is 2.42. The highest BCUT2D eigenvalue weighted by Gasteiger charge is 2.15. The minimum Gasteiger partial charge on any atom is -0.369 e. The second-order valence-corrected chi connectivity index (χ2v) is 7.13. The van der Waals surface area contributed by atoms with Crippen molar-refractivity contribution in [1.82, 2.24) is 10.2 Å². The maximum Gasteiger partial charge on any atom is 0.0433 e. The van der Waals surface area contributed by atoms with Gasteiger partial charge in [-0.1, -0.05) is 66.7 Å². The van der Waals surface area contributed by atoms with Gasteiger partial charge in [0.2, 0.25) is 0 Å². The van der Waals surface area contributed by atoms with E-state index in [2.05, 4.69) is 96.1 Å². The van der Waals surface area contributed by atoms with E-state index in [0.29, 0.717) is 6.04 Å². The van der Waals surface area contributed by atoms with Gasteiger partial charge in [0, 0.05) is 25.3 Å². The van der Waals surface area contributed by atoms with Gasteiger partial charge >= 0.3 is 0 Å². The Bertz CT molecular complexity index is 907. The van der Waals surface area contributed by atoms with Crippen molar-refractivity contribution in [3.63, 3.8) is 0 Å². The zero-order valence-corrected chi connectivity index (χ0v) is 15.4. The van der Waals surface area contributed by atoms with Crippen LogP contribution in [-0.2, 0) is 13.0 Å². The molecule has 0 aromatic heterocycles. The Morgan fingerprint density at radius 3 is 2.73 bits per heavy atom. The molecule has 0 amide bonds. The number of benzene rings is 3. The SMILES string of the molecule is C[C@H](CNCCc1cccc2ccccc12)N1C=Cc2ccccc2C1. The van der Waals surface area contributed by atoms with Crippen LogP contribution >= 0.6 is 0 Å². The first kappa shape index (κ1) is 16.9. The number of hydrogen-bond donors (Lipinski definition) is 1. The Hall–Kier alpha value is -2.58. The monoisotopic (exact) mass is 342 g/mol. The van der Waals surface area contributed by atoms with E-state index >= 15 is 0 Å². The van der Waals surface area contributed by atoms with Gasteiger partial charge < -0.3 is 10.2 Å². The maximum atomic E-state index is 3.64. The van der Waals surface area contributed by atoms with Crippen LogP contribution < -0.4 is 5.32 Å². The normalized spacial score (nSPS) is 14.4. The highest BCUT2D eigenvalue weighted by atomic mass is 15.2. The lowest BCUT2D eigenvalue weighted by molar-refractivity contribution is 0.275. The topological polar surface area (TPSA) is 15.3 Å². The summed E-state index contributed by atoms with van der Waals surface area (Å²) >= 11 is 0. The fourth-order valence-electron chi connectivity index (χ4n) is 3.73. The summed E-state index contributed by atoms with van der Waals surface area (Å²) in [6, 6.07) is 24.4. The average molecular weight is 342 g/mol. The third-order valence-corrected chi connectivity index (χ3v) is 5.31. The van der Waals surface area contributed by atoms with E-state index in [1.165, 1.54) is 27.5 Å². The van der Waals surface area contributed by atoms with Gasteiger partial charge in [0.1, 0.15) is 0 Å². The smallest absolute Gasteiger partial charge is 0.0433 e. The molecule has 0 saturated carbocycles. The fourth-order valence-corrected chi connectivity index (χ4v) is 3.73. The molecule has 3 aromatic rings.